The Labute approximate surface area is 111 Å². The van der Waals surface area contributed by atoms with E-state index in [2.05, 4.69) is 0 Å². The Morgan fingerprint density at radius 1 is 1.44 bits per heavy atom. The second kappa shape index (κ2) is 6.31. The quantitative estimate of drug-likeness (QED) is 0.766. The SMILES string of the molecule is COc1cc(/C=C/C(=O)[O-])cc(Cl)c1OC(C)C. The lowest BCUT2D eigenvalue weighted by atomic mass is 10.2. The van der Waals surface area contributed by atoms with Crippen LogP contribution in [0.1, 0.15) is 19.4 Å². The molecule has 5 heteroatoms. The molecule has 0 radical (unpaired) electrons. The number of carbonyl (C=O) groups excluding carboxylic acids is 1. The monoisotopic (exact) mass is 269 g/mol. The summed E-state index contributed by atoms with van der Waals surface area (Å²) in [6, 6.07) is 3.24. The Hall–Kier alpha value is -1.68. The zero-order valence-electron chi connectivity index (χ0n) is 10.4. The van der Waals surface area contributed by atoms with Crippen molar-refractivity contribution >= 4 is 23.6 Å². The van der Waals surface area contributed by atoms with E-state index in [4.69, 9.17) is 21.1 Å². The fourth-order valence-corrected chi connectivity index (χ4v) is 1.61. The van der Waals surface area contributed by atoms with Crippen LogP contribution in [0.5, 0.6) is 11.5 Å². The van der Waals surface area contributed by atoms with Crippen molar-refractivity contribution in [3.05, 3.63) is 28.8 Å². The zero-order chi connectivity index (χ0) is 13.7. The molecular weight excluding hydrogens is 256 g/mol. The van der Waals surface area contributed by atoms with Gasteiger partial charge in [-0.25, -0.2) is 0 Å². The number of halogens is 1. The molecular formula is C13H14ClO4-. The molecule has 0 fully saturated rings. The molecule has 4 nitrogen and oxygen atoms in total. The lowest BCUT2D eigenvalue weighted by Gasteiger charge is -2.15. The molecule has 0 atom stereocenters. The fraction of sp³-hybridized carbons (Fsp3) is 0.308. The molecule has 98 valence electrons. The van der Waals surface area contributed by atoms with Gasteiger partial charge < -0.3 is 19.4 Å². The average molecular weight is 270 g/mol. The standard InChI is InChI=1S/C13H15ClO4/c1-8(2)18-13-10(14)6-9(4-5-12(15)16)7-11(13)17-3/h4-8H,1-3H3,(H,15,16)/p-1/b5-4+. The number of benzene rings is 1. The first-order chi connectivity index (χ1) is 8.43. The van der Waals surface area contributed by atoms with E-state index in [-0.39, 0.29) is 6.10 Å². The lowest BCUT2D eigenvalue weighted by Crippen LogP contribution is -2.18. The van der Waals surface area contributed by atoms with Gasteiger partial charge in [0.1, 0.15) is 0 Å². The smallest absolute Gasteiger partial charge is 0.180 e. The number of carbonyl (C=O) groups is 1. The number of aliphatic carboxylic acids is 1. The Morgan fingerprint density at radius 3 is 2.61 bits per heavy atom. The molecule has 1 rings (SSSR count). The van der Waals surface area contributed by atoms with E-state index in [1.165, 1.54) is 13.2 Å². The van der Waals surface area contributed by atoms with Crippen LogP contribution < -0.4 is 14.6 Å². The van der Waals surface area contributed by atoms with Gasteiger partial charge in [-0.05, 0) is 37.6 Å². The van der Waals surface area contributed by atoms with Crippen molar-refractivity contribution in [1.82, 2.24) is 0 Å². The summed E-state index contributed by atoms with van der Waals surface area (Å²) in [5.41, 5.74) is 0.595. The molecule has 1 aromatic rings. The summed E-state index contributed by atoms with van der Waals surface area (Å²) in [6.45, 7) is 3.75. The maximum Gasteiger partial charge on any atom is 0.180 e. The van der Waals surface area contributed by atoms with Crippen molar-refractivity contribution in [2.24, 2.45) is 0 Å². The molecule has 1 aromatic carbocycles. The number of rotatable bonds is 5. The van der Waals surface area contributed by atoms with Gasteiger partial charge in [0.05, 0.1) is 24.2 Å². The summed E-state index contributed by atoms with van der Waals surface area (Å²) in [6.07, 6.45) is 2.26. The second-order valence-electron chi connectivity index (χ2n) is 3.85. The summed E-state index contributed by atoms with van der Waals surface area (Å²) in [4.78, 5) is 10.3. The summed E-state index contributed by atoms with van der Waals surface area (Å²) in [5.74, 6) is -0.374. The molecule has 0 aliphatic heterocycles. The topological polar surface area (TPSA) is 58.6 Å². The van der Waals surface area contributed by atoms with E-state index in [1.54, 1.807) is 12.1 Å². The average Bonchev–Trinajstić information content (AvgIpc) is 2.28. The van der Waals surface area contributed by atoms with Crippen LogP contribution in [0.15, 0.2) is 18.2 Å². The number of carboxylic acids is 1. The van der Waals surface area contributed by atoms with Crippen molar-refractivity contribution in [3.63, 3.8) is 0 Å². The van der Waals surface area contributed by atoms with Gasteiger partial charge in [-0.2, -0.15) is 0 Å². The van der Waals surface area contributed by atoms with E-state index in [0.717, 1.165) is 6.08 Å². The van der Waals surface area contributed by atoms with Gasteiger partial charge in [-0.15, -0.1) is 0 Å². The zero-order valence-corrected chi connectivity index (χ0v) is 11.2. The van der Waals surface area contributed by atoms with Gasteiger partial charge in [-0.1, -0.05) is 17.7 Å². The highest BCUT2D eigenvalue weighted by molar-refractivity contribution is 6.32. The highest BCUT2D eigenvalue weighted by Crippen LogP contribution is 2.37. The minimum Gasteiger partial charge on any atom is -0.545 e. The highest BCUT2D eigenvalue weighted by atomic mass is 35.5. The van der Waals surface area contributed by atoms with Crippen LogP contribution in [0.4, 0.5) is 0 Å². The first-order valence-corrected chi connectivity index (χ1v) is 5.75. The molecule has 0 aliphatic carbocycles. The second-order valence-corrected chi connectivity index (χ2v) is 4.26. The van der Waals surface area contributed by atoms with Gasteiger partial charge in [0.15, 0.2) is 11.5 Å². The highest BCUT2D eigenvalue weighted by Gasteiger charge is 2.12. The van der Waals surface area contributed by atoms with E-state index >= 15 is 0 Å². The van der Waals surface area contributed by atoms with Crippen molar-refractivity contribution in [2.45, 2.75) is 20.0 Å². The third-order valence-corrected chi connectivity index (χ3v) is 2.30. The Balaban J connectivity index is 3.14. The number of hydrogen-bond acceptors (Lipinski definition) is 4. The molecule has 0 aromatic heterocycles. The van der Waals surface area contributed by atoms with Crippen LogP contribution in [0.25, 0.3) is 6.08 Å². The van der Waals surface area contributed by atoms with E-state index in [9.17, 15) is 9.90 Å². The van der Waals surface area contributed by atoms with Crippen molar-refractivity contribution in [3.8, 4) is 11.5 Å². The summed E-state index contributed by atoms with van der Waals surface area (Å²) < 4.78 is 10.7. The van der Waals surface area contributed by atoms with Crippen LogP contribution in [0.3, 0.4) is 0 Å². The van der Waals surface area contributed by atoms with Crippen molar-refractivity contribution < 1.29 is 19.4 Å². The Kier molecular flexibility index (Phi) is 5.04. The maximum atomic E-state index is 10.3. The number of carboxylic acid groups (broad SMARTS) is 1. The van der Waals surface area contributed by atoms with Gasteiger partial charge >= 0.3 is 0 Å². The third kappa shape index (κ3) is 3.96. The number of ether oxygens (including phenoxy) is 2. The van der Waals surface area contributed by atoms with Crippen LogP contribution >= 0.6 is 11.6 Å². The van der Waals surface area contributed by atoms with Gasteiger partial charge in [0.25, 0.3) is 0 Å². The largest absolute Gasteiger partial charge is 0.545 e. The summed E-state index contributed by atoms with van der Waals surface area (Å²) in [7, 11) is 1.49. The van der Waals surface area contributed by atoms with Crippen LogP contribution in [0, 0.1) is 0 Å². The maximum absolute atomic E-state index is 10.3. The lowest BCUT2D eigenvalue weighted by molar-refractivity contribution is -0.297. The minimum absolute atomic E-state index is 0.0407. The molecule has 18 heavy (non-hydrogen) atoms. The van der Waals surface area contributed by atoms with Crippen LogP contribution in [-0.4, -0.2) is 19.2 Å². The molecule has 0 spiro atoms. The van der Waals surface area contributed by atoms with Crippen molar-refractivity contribution in [2.75, 3.05) is 7.11 Å². The van der Waals surface area contributed by atoms with Crippen LogP contribution in [-0.2, 0) is 4.79 Å². The summed E-state index contributed by atoms with van der Waals surface area (Å²) >= 11 is 6.07. The molecule has 0 saturated carbocycles. The molecule has 0 saturated heterocycles. The van der Waals surface area contributed by atoms with Gasteiger partial charge in [0.2, 0.25) is 0 Å². The third-order valence-electron chi connectivity index (χ3n) is 2.02. The molecule has 0 aliphatic rings. The predicted octanol–water partition coefficient (Wildman–Crippen LogP) is 1.90. The van der Waals surface area contributed by atoms with E-state index < -0.39 is 5.97 Å². The van der Waals surface area contributed by atoms with Gasteiger partial charge in [0, 0.05) is 0 Å². The molecule has 0 unspecified atom stereocenters. The molecule has 0 heterocycles. The molecule has 0 amide bonds. The first kappa shape index (κ1) is 14.4. The Bertz CT molecular complexity index is 466. The minimum atomic E-state index is -1.27. The Morgan fingerprint density at radius 2 is 2.11 bits per heavy atom. The predicted molar refractivity (Wildman–Crippen MR) is 67.8 cm³/mol. The van der Waals surface area contributed by atoms with E-state index in [0.29, 0.717) is 22.1 Å². The fourth-order valence-electron chi connectivity index (χ4n) is 1.35. The summed E-state index contributed by atoms with van der Waals surface area (Å²) in [5, 5.41) is 10.7. The molecule has 0 N–H and O–H groups in total. The van der Waals surface area contributed by atoms with Crippen molar-refractivity contribution in [1.29, 1.82) is 0 Å². The van der Waals surface area contributed by atoms with Crippen LogP contribution in [0.2, 0.25) is 5.02 Å². The number of methoxy groups -OCH3 is 1. The van der Waals surface area contributed by atoms with E-state index in [1.807, 2.05) is 13.8 Å². The molecule has 0 bridgehead atoms. The normalized spacial score (nSPS) is 10.9. The van der Waals surface area contributed by atoms with Gasteiger partial charge in [-0.3, -0.25) is 0 Å². The number of hydrogen-bond donors (Lipinski definition) is 0. The first-order valence-electron chi connectivity index (χ1n) is 5.37.